The van der Waals surface area contributed by atoms with E-state index in [-0.39, 0.29) is 30.3 Å². The molecule has 0 aromatic heterocycles. The first kappa shape index (κ1) is 32.5. The second kappa shape index (κ2) is 14.6. The molecular weight excluding hydrogens is 559 g/mol. The first-order valence-corrected chi connectivity index (χ1v) is 14.1. The van der Waals surface area contributed by atoms with E-state index in [1.165, 1.54) is 4.31 Å². The number of rotatable bonds is 9. The average Bonchev–Trinajstić information content (AvgIpc) is 2.86. The van der Waals surface area contributed by atoms with Crippen molar-refractivity contribution in [1.29, 1.82) is 0 Å². The van der Waals surface area contributed by atoms with Gasteiger partial charge in [-0.2, -0.15) is 17.5 Å². The SMILES string of the molecule is CC(C)Cc1ccc(S(=O)(=O)N(CCC(=O)N2CCNCC2)Cc2cccc(Cl)c2)cc1.O=C(O)C(F)(F)F. The Hall–Kier alpha value is -2.67. The summed E-state index contributed by atoms with van der Waals surface area (Å²) in [6.07, 6.45) is -4.04. The number of carboxylic acids is 1. The molecule has 1 saturated heterocycles. The van der Waals surface area contributed by atoms with Crippen molar-refractivity contribution in [3.05, 3.63) is 64.7 Å². The summed E-state index contributed by atoms with van der Waals surface area (Å²) < 4.78 is 60.1. The zero-order valence-corrected chi connectivity index (χ0v) is 23.3. The van der Waals surface area contributed by atoms with Crippen LogP contribution in [0.4, 0.5) is 13.2 Å². The summed E-state index contributed by atoms with van der Waals surface area (Å²) in [7, 11) is -3.78. The predicted octanol–water partition coefficient (Wildman–Crippen LogP) is 4.18. The van der Waals surface area contributed by atoms with Crippen LogP contribution < -0.4 is 5.32 Å². The molecule has 1 amide bonds. The largest absolute Gasteiger partial charge is 0.490 e. The third-order valence-corrected chi connectivity index (χ3v) is 7.83. The molecule has 1 aliphatic heterocycles. The van der Waals surface area contributed by atoms with Gasteiger partial charge in [0.1, 0.15) is 0 Å². The Morgan fingerprint density at radius 2 is 1.67 bits per heavy atom. The van der Waals surface area contributed by atoms with E-state index in [0.29, 0.717) is 24.0 Å². The van der Waals surface area contributed by atoms with E-state index in [4.69, 9.17) is 21.5 Å². The van der Waals surface area contributed by atoms with Crippen LogP contribution in [0, 0.1) is 5.92 Å². The summed E-state index contributed by atoms with van der Waals surface area (Å²) >= 11 is 6.11. The van der Waals surface area contributed by atoms with Gasteiger partial charge in [0.15, 0.2) is 0 Å². The summed E-state index contributed by atoms with van der Waals surface area (Å²) in [6, 6.07) is 14.2. The lowest BCUT2D eigenvalue weighted by Gasteiger charge is -2.29. The number of alkyl halides is 3. The second-order valence-electron chi connectivity index (χ2n) is 9.39. The number of amides is 1. The molecule has 2 aromatic carbocycles. The molecule has 0 radical (unpaired) electrons. The molecule has 1 heterocycles. The van der Waals surface area contributed by atoms with E-state index >= 15 is 0 Å². The van der Waals surface area contributed by atoms with Crippen molar-refractivity contribution in [1.82, 2.24) is 14.5 Å². The highest BCUT2D eigenvalue weighted by Gasteiger charge is 2.38. The number of benzene rings is 2. The molecule has 0 bridgehead atoms. The molecule has 2 aromatic rings. The molecule has 2 N–H and O–H groups in total. The van der Waals surface area contributed by atoms with Crippen molar-refractivity contribution in [2.75, 3.05) is 32.7 Å². The molecule has 3 rings (SSSR count). The zero-order chi connectivity index (χ0) is 29.2. The minimum atomic E-state index is -5.08. The Morgan fingerprint density at radius 1 is 1.08 bits per heavy atom. The van der Waals surface area contributed by atoms with Crippen molar-refractivity contribution >= 4 is 33.5 Å². The smallest absolute Gasteiger partial charge is 0.475 e. The molecule has 0 atom stereocenters. The summed E-state index contributed by atoms with van der Waals surface area (Å²) in [5, 5.41) is 10.9. The first-order chi connectivity index (χ1) is 18.2. The number of carbonyl (C=O) groups is 2. The highest BCUT2D eigenvalue weighted by Crippen LogP contribution is 2.22. The third-order valence-electron chi connectivity index (χ3n) is 5.74. The van der Waals surface area contributed by atoms with Gasteiger partial charge in [0.2, 0.25) is 15.9 Å². The van der Waals surface area contributed by atoms with E-state index in [1.54, 1.807) is 35.2 Å². The summed E-state index contributed by atoms with van der Waals surface area (Å²) in [6.45, 7) is 7.36. The number of carboxylic acid groups (broad SMARTS) is 1. The number of hydrogen-bond donors (Lipinski definition) is 2. The van der Waals surface area contributed by atoms with E-state index in [9.17, 15) is 26.4 Å². The number of nitrogens with zero attached hydrogens (tertiary/aromatic N) is 2. The van der Waals surface area contributed by atoms with Crippen molar-refractivity contribution < 1.29 is 36.3 Å². The fourth-order valence-corrected chi connectivity index (χ4v) is 5.48. The Kier molecular flexibility index (Phi) is 12.2. The lowest BCUT2D eigenvalue weighted by Crippen LogP contribution is -2.47. The van der Waals surface area contributed by atoms with Gasteiger partial charge in [0.25, 0.3) is 0 Å². The van der Waals surface area contributed by atoms with Gasteiger partial charge >= 0.3 is 12.1 Å². The van der Waals surface area contributed by atoms with E-state index in [1.807, 2.05) is 18.2 Å². The van der Waals surface area contributed by atoms with Gasteiger partial charge in [0, 0.05) is 50.7 Å². The van der Waals surface area contributed by atoms with Crippen LogP contribution in [-0.4, -0.2) is 73.5 Å². The Morgan fingerprint density at radius 3 is 2.18 bits per heavy atom. The maximum absolute atomic E-state index is 13.5. The maximum atomic E-state index is 13.5. The summed E-state index contributed by atoms with van der Waals surface area (Å²) in [5.74, 6) is -2.29. The number of piperazine rings is 1. The molecule has 39 heavy (non-hydrogen) atoms. The van der Waals surface area contributed by atoms with Crippen molar-refractivity contribution in [3.8, 4) is 0 Å². The van der Waals surface area contributed by atoms with Gasteiger partial charge in [-0.3, -0.25) is 4.79 Å². The summed E-state index contributed by atoms with van der Waals surface area (Å²) in [5.41, 5.74) is 1.89. The van der Waals surface area contributed by atoms with Crippen molar-refractivity contribution in [2.24, 2.45) is 5.92 Å². The van der Waals surface area contributed by atoms with Crippen LogP contribution in [0.25, 0.3) is 0 Å². The van der Waals surface area contributed by atoms with Crippen LogP contribution in [0.1, 0.15) is 31.4 Å². The van der Waals surface area contributed by atoms with Crippen LogP contribution in [0.3, 0.4) is 0 Å². The highest BCUT2D eigenvalue weighted by atomic mass is 35.5. The van der Waals surface area contributed by atoms with E-state index in [0.717, 1.165) is 30.6 Å². The fourth-order valence-electron chi connectivity index (χ4n) is 3.83. The molecule has 0 saturated carbocycles. The second-order valence-corrected chi connectivity index (χ2v) is 11.8. The fraction of sp³-hybridized carbons (Fsp3) is 0.462. The molecule has 1 aliphatic rings. The van der Waals surface area contributed by atoms with Gasteiger partial charge in [-0.15, -0.1) is 0 Å². The van der Waals surface area contributed by atoms with E-state index in [2.05, 4.69) is 19.2 Å². The number of carbonyl (C=O) groups excluding carboxylic acids is 1. The molecular formula is C26H33ClF3N3O5S. The van der Waals surface area contributed by atoms with Gasteiger partial charge in [-0.25, -0.2) is 13.2 Å². The lowest BCUT2D eigenvalue weighted by atomic mass is 10.0. The van der Waals surface area contributed by atoms with Crippen LogP contribution >= 0.6 is 11.6 Å². The van der Waals surface area contributed by atoms with Crippen LogP contribution in [0.5, 0.6) is 0 Å². The van der Waals surface area contributed by atoms with Crippen LogP contribution in [0.15, 0.2) is 53.4 Å². The molecule has 0 aliphatic carbocycles. The predicted molar refractivity (Wildman–Crippen MR) is 142 cm³/mol. The number of halogens is 4. The first-order valence-electron chi connectivity index (χ1n) is 12.3. The normalized spacial score (nSPS) is 14.2. The topological polar surface area (TPSA) is 107 Å². The molecule has 13 heteroatoms. The van der Waals surface area contributed by atoms with Crippen molar-refractivity contribution in [3.63, 3.8) is 0 Å². The molecule has 0 unspecified atom stereocenters. The maximum Gasteiger partial charge on any atom is 0.490 e. The minimum absolute atomic E-state index is 0.0231. The standard InChI is InChI=1S/C24H32ClN3O3S.C2HF3O2/c1-19(2)16-20-6-8-23(9-7-20)32(30,31)28(18-21-4-3-5-22(25)17-21)13-10-24(29)27-14-11-26-12-15-27;3-2(4,5)1(6)7/h3-9,17,19,26H,10-16,18H2,1-2H3;(H,6,7). The van der Waals surface area contributed by atoms with Gasteiger partial charge < -0.3 is 15.3 Å². The molecule has 216 valence electrons. The number of sulfonamides is 1. The Balaban J connectivity index is 0.000000673. The molecule has 8 nitrogen and oxygen atoms in total. The van der Waals surface area contributed by atoms with Crippen LogP contribution in [-0.2, 0) is 32.6 Å². The van der Waals surface area contributed by atoms with Gasteiger partial charge in [0.05, 0.1) is 4.90 Å². The minimum Gasteiger partial charge on any atom is -0.475 e. The number of nitrogens with one attached hydrogen (secondary N) is 1. The summed E-state index contributed by atoms with van der Waals surface area (Å²) in [4.78, 5) is 23.6. The lowest BCUT2D eigenvalue weighted by molar-refractivity contribution is -0.192. The molecule has 0 spiro atoms. The Labute approximate surface area is 231 Å². The van der Waals surface area contributed by atoms with Gasteiger partial charge in [-0.1, -0.05) is 49.7 Å². The average molecular weight is 592 g/mol. The van der Waals surface area contributed by atoms with Gasteiger partial charge in [-0.05, 0) is 47.7 Å². The molecule has 1 fully saturated rings. The highest BCUT2D eigenvalue weighted by molar-refractivity contribution is 7.89. The monoisotopic (exact) mass is 591 g/mol. The third kappa shape index (κ3) is 10.8. The van der Waals surface area contributed by atoms with E-state index < -0.39 is 22.2 Å². The zero-order valence-electron chi connectivity index (χ0n) is 21.7. The number of aliphatic carboxylic acids is 1. The van der Waals surface area contributed by atoms with Crippen LogP contribution in [0.2, 0.25) is 5.02 Å². The Bertz CT molecular complexity index is 1200. The quantitative estimate of drug-likeness (QED) is 0.453. The van der Waals surface area contributed by atoms with Crippen molar-refractivity contribution in [2.45, 2.75) is 44.3 Å². The number of hydrogen-bond acceptors (Lipinski definition) is 5.